The number of hydrogen-bond acceptors (Lipinski definition) is 4. The molecule has 0 atom stereocenters. The molecule has 0 radical (unpaired) electrons. The number of rotatable bonds is 6. The van der Waals surface area contributed by atoms with E-state index >= 15 is 0 Å². The average Bonchev–Trinajstić information content (AvgIpc) is 2.94. The molecule has 0 aliphatic carbocycles. The molecule has 0 saturated heterocycles. The number of carbonyl (C=O) groups excluding carboxylic acids is 2. The maximum Gasteiger partial charge on any atom is 0.420 e. The van der Waals surface area contributed by atoms with Crippen LogP contribution in [0.25, 0.3) is 11.1 Å². The number of benzene rings is 2. The van der Waals surface area contributed by atoms with Crippen LogP contribution in [-0.2, 0) is 22.7 Å². The molecule has 0 aliphatic rings. The summed E-state index contributed by atoms with van der Waals surface area (Å²) in [5.41, 5.74) is 2.28. The van der Waals surface area contributed by atoms with Gasteiger partial charge in [0.1, 0.15) is 6.54 Å². The molecule has 3 rings (SSSR count). The molecule has 1 aromatic heterocycles. The van der Waals surface area contributed by atoms with Gasteiger partial charge in [0.2, 0.25) is 11.8 Å². The zero-order chi connectivity index (χ0) is 19.4. The molecule has 0 aliphatic heterocycles. The zero-order valence-corrected chi connectivity index (χ0v) is 16.3. The smallest absolute Gasteiger partial charge is 0.408 e. The molecule has 0 unspecified atom stereocenters. The second kappa shape index (κ2) is 8.41. The summed E-state index contributed by atoms with van der Waals surface area (Å²) in [6.07, 6.45) is 0. The number of nitrogens with one attached hydrogen (secondary N) is 2. The van der Waals surface area contributed by atoms with Gasteiger partial charge in [-0.25, -0.2) is 4.79 Å². The van der Waals surface area contributed by atoms with Crippen LogP contribution < -0.4 is 16.4 Å². The molecule has 140 valence electrons. The molecule has 2 amide bonds. The Morgan fingerprint density at radius 3 is 2.74 bits per heavy atom. The first-order valence-corrected chi connectivity index (χ1v) is 9.46. The average molecular weight is 453 g/mol. The summed E-state index contributed by atoms with van der Waals surface area (Å²) < 4.78 is 6.35. The normalized spacial score (nSPS) is 10.7. The molecule has 2 aromatic carbocycles. The molecule has 2 N–H and O–H groups in total. The van der Waals surface area contributed by atoms with Gasteiger partial charge < -0.3 is 15.1 Å². The lowest BCUT2D eigenvalue weighted by atomic mass is 10.2. The van der Waals surface area contributed by atoms with E-state index in [0.29, 0.717) is 21.8 Å². The van der Waals surface area contributed by atoms with Gasteiger partial charge in [-0.15, -0.1) is 0 Å². The van der Waals surface area contributed by atoms with Crippen LogP contribution in [-0.4, -0.2) is 21.7 Å². The summed E-state index contributed by atoms with van der Waals surface area (Å²) in [7, 11) is 0. The van der Waals surface area contributed by atoms with Crippen molar-refractivity contribution >= 4 is 56.1 Å². The van der Waals surface area contributed by atoms with Crippen molar-refractivity contribution in [2.75, 3.05) is 10.6 Å². The SMILES string of the molecule is O=C(Cn1c(=O)oc2cc(Cl)ccc21)NCc1cccc(NC(=O)CBr)c1. The van der Waals surface area contributed by atoms with E-state index < -0.39 is 5.76 Å². The number of hydrogen-bond donors (Lipinski definition) is 2. The molecule has 0 spiro atoms. The Morgan fingerprint density at radius 1 is 1.15 bits per heavy atom. The van der Waals surface area contributed by atoms with Crippen LogP contribution in [0.1, 0.15) is 5.56 Å². The van der Waals surface area contributed by atoms with Crippen molar-refractivity contribution in [2.24, 2.45) is 0 Å². The van der Waals surface area contributed by atoms with Gasteiger partial charge in [0.15, 0.2) is 5.58 Å². The predicted octanol–water partition coefficient (Wildman–Crippen LogP) is 2.90. The fourth-order valence-corrected chi connectivity index (χ4v) is 2.85. The van der Waals surface area contributed by atoms with E-state index in [0.717, 1.165) is 5.56 Å². The first-order valence-electron chi connectivity index (χ1n) is 7.96. The number of anilines is 1. The van der Waals surface area contributed by atoms with E-state index in [4.69, 9.17) is 16.0 Å². The molecular weight excluding hydrogens is 438 g/mol. The number of oxazole rings is 1. The summed E-state index contributed by atoms with van der Waals surface area (Å²) in [5, 5.41) is 6.11. The van der Waals surface area contributed by atoms with Crippen molar-refractivity contribution < 1.29 is 14.0 Å². The van der Waals surface area contributed by atoms with Crippen LogP contribution in [0, 0.1) is 0 Å². The number of halogens is 2. The quantitative estimate of drug-likeness (QED) is 0.562. The summed E-state index contributed by atoms with van der Waals surface area (Å²) in [4.78, 5) is 35.6. The third kappa shape index (κ3) is 4.78. The third-order valence-electron chi connectivity index (χ3n) is 3.75. The minimum absolute atomic E-state index is 0.164. The van der Waals surface area contributed by atoms with Gasteiger partial charge in [-0.3, -0.25) is 14.2 Å². The van der Waals surface area contributed by atoms with Crippen LogP contribution in [0.15, 0.2) is 51.7 Å². The van der Waals surface area contributed by atoms with Gasteiger partial charge in [-0.05, 0) is 29.8 Å². The number of carbonyl (C=O) groups is 2. The number of aromatic nitrogens is 1. The Balaban J connectivity index is 1.65. The molecule has 0 fully saturated rings. The molecule has 0 saturated carbocycles. The molecule has 27 heavy (non-hydrogen) atoms. The largest absolute Gasteiger partial charge is 0.420 e. The molecule has 9 heteroatoms. The monoisotopic (exact) mass is 451 g/mol. The van der Waals surface area contributed by atoms with E-state index in [9.17, 15) is 14.4 Å². The summed E-state index contributed by atoms with van der Waals surface area (Å²) in [6.45, 7) is 0.0840. The summed E-state index contributed by atoms with van der Waals surface area (Å²) in [5.74, 6) is -1.13. The van der Waals surface area contributed by atoms with Crippen molar-refractivity contribution in [1.82, 2.24) is 9.88 Å². The molecule has 1 heterocycles. The first-order chi connectivity index (χ1) is 13.0. The highest BCUT2D eigenvalue weighted by atomic mass is 79.9. The van der Waals surface area contributed by atoms with Gasteiger partial charge in [0, 0.05) is 23.3 Å². The fraction of sp³-hybridized carbons (Fsp3) is 0.167. The predicted molar refractivity (Wildman–Crippen MR) is 106 cm³/mol. The number of alkyl halides is 1. The molecule has 0 bridgehead atoms. The van der Waals surface area contributed by atoms with Gasteiger partial charge in [0.25, 0.3) is 0 Å². The molecule has 3 aromatic rings. The minimum atomic E-state index is -0.623. The van der Waals surface area contributed by atoms with Gasteiger partial charge in [-0.1, -0.05) is 39.7 Å². The Morgan fingerprint density at radius 2 is 1.96 bits per heavy atom. The van der Waals surface area contributed by atoms with E-state index in [1.807, 2.05) is 6.07 Å². The minimum Gasteiger partial charge on any atom is -0.408 e. The van der Waals surface area contributed by atoms with E-state index in [1.54, 1.807) is 30.3 Å². The van der Waals surface area contributed by atoms with Gasteiger partial charge in [-0.2, -0.15) is 0 Å². The Bertz CT molecular complexity index is 1060. The first kappa shape index (κ1) is 19.2. The summed E-state index contributed by atoms with van der Waals surface area (Å²) >= 11 is 8.96. The Labute approximate surface area is 167 Å². The zero-order valence-electron chi connectivity index (χ0n) is 14.0. The lowest BCUT2D eigenvalue weighted by Gasteiger charge is -2.08. The fourth-order valence-electron chi connectivity index (χ4n) is 2.54. The number of fused-ring (bicyclic) bond motifs is 1. The lowest BCUT2D eigenvalue weighted by Crippen LogP contribution is -2.30. The number of amides is 2. The Kier molecular flexibility index (Phi) is 5.98. The number of nitrogens with zero attached hydrogens (tertiary/aromatic N) is 1. The van der Waals surface area contributed by atoms with Gasteiger partial charge >= 0.3 is 5.76 Å². The van der Waals surface area contributed by atoms with Crippen LogP contribution >= 0.6 is 27.5 Å². The van der Waals surface area contributed by atoms with Gasteiger partial charge in [0.05, 0.1) is 10.8 Å². The maximum absolute atomic E-state index is 12.2. The maximum atomic E-state index is 12.2. The van der Waals surface area contributed by atoms with Crippen molar-refractivity contribution in [1.29, 1.82) is 0 Å². The highest BCUT2D eigenvalue weighted by Gasteiger charge is 2.13. The van der Waals surface area contributed by atoms with E-state index in [-0.39, 0.29) is 30.2 Å². The van der Waals surface area contributed by atoms with Crippen LogP contribution in [0.5, 0.6) is 0 Å². The Hall–Kier alpha value is -2.58. The topological polar surface area (TPSA) is 93.3 Å². The van der Waals surface area contributed by atoms with Crippen molar-refractivity contribution in [3.05, 3.63) is 63.6 Å². The van der Waals surface area contributed by atoms with Crippen molar-refractivity contribution in [3.8, 4) is 0 Å². The van der Waals surface area contributed by atoms with E-state index in [2.05, 4.69) is 26.6 Å². The van der Waals surface area contributed by atoms with Crippen molar-refractivity contribution in [2.45, 2.75) is 13.1 Å². The molecular formula is C18H15BrClN3O4. The second-order valence-electron chi connectivity index (χ2n) is 5.73. The van der Waals surface area contributed by atoms with Crippen molar-refractivity contribution in [3.63, 3.8) is 0 Å². The van der Waals surface area contributed by atoms with Crippen LogP contribution in [0.2, 0.25) is 5.02 Å². The van der Waals surface area contributed by atoms with Crippen LogP contribution in [0.4, 0.5) is 5.69 Å². The second-order valence-corrected chi connectivity index (χ2v) is 6.72. The highest BCUT2D eigenvalue weighted by molar-refractivity contribution is 9.09. The third-order valence-corrected chi connectivity index (χ3v) is 4.50. The molecule has 7 nitrogen and oxygen atoms in total. The highest BCUT2D eigenvalue weighted by Crippen LogP contribution is 2.18. The van der Waals surface area contributed by atoms with Crippen LogP contribution in [0.3, 0.4) is 0 Å². The lowest BCUT2D eigenvalue weighted by molar-refractivity contribution is -0.121. The summed E-state index contributed by atoms with van der Waals surface area (Å²) in [6, 6.07) is 11.9. The van der Waals surface area contributed by atoms with E-state index in [1.165, 1.54) is 10.6 Å². The standard InChI is InChI=1S/C18H15BrClN3O4/c19-8-16(24)22-13-3-1-2-11(6-13)9-21-17(25)10-23-14-5-4-12(20)7-15(14)27-18(23)26/h1-7H,8-10H2,(H,21,25)(H,22,24).